The number of halogens is 2. The van der Waals surface area contributed by atoms with Gasteiger partial charge in [0.15, 0.2) is 10.3 Å². The third-order valence-corrected chi connectivity index (χ3v) is 9.54. The fourth-order valence-electron chi connectivity index (χ4n) is 4.67. The van der Waals surface area contributed by atoms with Crippen molar-refractivity contribution in [2.75, 3.05) is 11.5 Å². The van der Waals surface area contributed by atoms with Crippen LogP contribution in [0.3, 0.4) is 0 Å². The molecule has 0 spiro atoms. The number of nitriles is 2. The second-order valence-corrected chi connectivity index (χ2v) is 12.9. The number of benzene rings is 4. The van der Waals surface area contributed by atoms with E-state index in [2.05, 4.69) is 54.0 Å². The lowest BCUT2D eigenvalue weighted by Gasteiger charge is -2.12. The molecule has 0 unspecified atom stereocenters. The van der Waals surface area contributed by atoms with Crippen molar-refractivity contribution >= 4 is 88.9 Å². The summed E-state index contributed by atoms with van der Waals surface area (Å²) in [6, 6.07) is 26.8. The summed E-state index contributed by atoms with van der Waals surface area (Å²) in [7, 11) is 0. The first kappa shape index (κ1) is 32.8. The molecule has 2 aromatic heterocycles. The predicted molar refractivity (Wildman–Crippen MR) is 184 cm³/mol. The molecule has 0 fully saturated rings. The zero-order valence-electron chi connectivity index (χ0n) is 23.5. The second kappa shape index (κ2) is 14.7. The van der Waals surface area contributed by atoms with Crippen LogP contribution in [0.1, 0.15) is 11.1 Å². The van der Waals surface area contributed by atoms with Gasteiger partial charge < -0.3 is 10.2 Å². The van der Waals surface area contributed by atoms with Gasteiger partial charge in [0.25, 0.3) is 0 Å². The van der Waals surface area contributed by atoms with Crippen LogP contribution < -0.4 is 0 Å². The highest BCUT2D eigenvalue weighted by Crippen LogP contribution is 2.33. The van der Waals surface area contributed by atoms with Gasteiger partial charge in [0.1, 0.15) is 9.21 Å². The van der Waals surface area contributed by atoms with Crippen LogP contribution in [0.4, 0.5) is 0 Å². The maximum absolute atomic E-state index is 10.8. The lowest BCUT2D eigenvalue weighted by atomic mass is 10.0. The van der Waals surface area contributed by atoms with Crippen molar-refractivity contribution in [1.82, 2.24) is 19.1 Å². The number of hydrogen-bond donors (Lipinski definition) is 2. The maximum Gasteiger partial charge on any atom is 0.313 e. The van der Waals surface area contributed by atoms with Crippen LogP contribution in [0.2, 0.25) is 0 Å². The van der Waals surface area contributed by atoms with Crippen LogP contribution in [-0.4, -0.2) is 52.8 Å². The molecule has 0 saturated heterocycles. The van der Waals surface area contributed by atoms with Gasteiger partial charge in [-0.05, 0) is 56.1 Å². The van der Waals surface area contributed by atoms with E-state index in [1.807, 2.05) is 69.8 Å². The molecule has 0 bridgehead atoms. The lowest BCUT2D eigenvalue weighted by molar-refractivity contribution is -0.134. The standard InChI is InChI=1S/2C16H10BrN3O2S/c2*17-14-8-19-16(23-9-15(21)22)20(14)13-6-5-10(7-18)11-3-1-2-4-12(11)13/h2*1-6,8H,9H2,(H,21,22). The number of carboxylic acids is 2. The minimum Gasteiger partial charge on any atom is -0.481 e. The quantitative estimate of drug-likeness (QED) is 0.147. The topological polar surface area (TPSA) is 158 Å². The van der Waals surface area contributed by atoms with Gasteiger partial charge in [-0.25, -0.2) is 9.97 Å². The van der Waals surface area contributed by atoms with Gasteiger partial charge >= 0.3 is 11.9 Å². The Bertz CT molecular complexity index is 2050. The van der Waals surface area contributed by atoms with Crippen molar-refractivity contribution in [2.45, 2.75) is 10.3 Å². The Labute approximate surface area is 287 Å². The molecular formula is C32H20Br2N6O4S2. The molecule has 0 atom stereocenters. The normalized spacial score (nSPS) is 10.6. The summed E-state index contributed by atoms with van der Waals surface area (Å²) < 4.78 is 5.13. The van der Waals surface area contributed by atoms with E-state index in [0.717, 1.165) is 65.6 Å². The highest BCUT2D eigenvalue weighted by atomic mass is 79.9. The fraction of sp³-hybridized carbons (Fsp3) is 0.0625. The molecule has 0 radical (unpaired) electrons. The van der Waals surface area contributed by atoms with E-state index in [-0.39, 0.29) is 11.5 Å². The molecular weight excluding hydrogens is 756 g/mol. The highest BCUT2D eigenvalue weighted by molar-refractivity contribution is 9.10. The molecule has 46 heavy (non-hydrogen) atoms. The average molecular weight is 776 g/mol. The van der Waals surface area contributed by atoms with E-state index >= 15 is 0 Å². The van der Waals surface area contributed by atoms with Crippen LogP contribution in [0, 0.1) is 22.7 Å². The molecule has 4 aromatic carbocycles. The molecule has 6 aromatic rings. The summed E-state index contributed by atoms with van der Waals surface area (Å²) in [6.07, 6.45) is 3.27. The molecule has 6 rings (SSSR count). The molecule has 10 nitrogen and oxygen atoms in total. The van der Waals surface area contributed by atoms with E-state index in [0.29, 0.717) is 21.4 Å². The Kier molecular flexibility index (Phi) is 10.4. The SMILES string of the molecule is N#Cc1ccc(-n2c(Br)cnc2SCC(=O)O)c2ccccc12.N#Cc1ccc(-n2c(Br)cnc2SCC(=O)O)c2ccccc12. The summed E-state index contributed by atoms with van der Waals surface area (Å²) in [5.41, 5.74) is 2.88. The minimum absolute atomic E-state index is 0.0718. The van der Waals surface area contributed by atoms with Gasteiger partial charge in [-0.1, -0.05) is 72.1 Å². The van der Waals surface area contributed by atoms with E-state index in [1.165, 1.54) is 0 Å². The summed E-state index contributed by atoms with van der Waals surface area (Å²) in [6.45, 7) is 0. The van der Waals surface area contributed by atoms with Crippen LogP contribution in [0.25, 0.3) is 32.9 Å². The lowest BCUT2D eigenvalue weighted by Crippen LogP contribution is -2.03. The smallest absolute Gasteiger partial charge is 0.313 e. The third kappa shape index (κ3) is 6.95. The van der Waals surface area contributed by atoms with Gasteiger partial charge in [-0.2, -0.15) is 10.5 Å². The number of aromatic nitrogens is 4. The number of carboxylic acid groups (broad SMARTS) is 2. The summed E-state index contributed by atoms with van der Waals surface area (Å²) in [5, 5.41) is 40.9. The van der Waals surface area contributed by atoms with Crippen LogP contribution >= 0.6 is 55.4 Å². The maximum atomic E-state index is 10.8. The predicted octanol–water partition coefficient (Wildman–Crippen LogP) is 7.67. The van der Waals surface area contributed by atoms with Gasteiger partial charge in [-0.3, -0.25) is 18.7 Å². The number of nitrogens with zero attached hydrogens (tertiary/aromatic N) is 6. The highest BCUT2D eigenvalue weighted by Gasteiger charge is 2.17. The third-order valence-electron chi connectivity index (χ3n) is 6.55. The van der Waals surface area contributed by atoms with E-state index < -0.39 is 11.9 Å². The number of carbonyl (C=O) groups is 2. The molecule has 0 aliphatic heterocycles. The van der Waals surface area contributed by atoms with Crippen molar-refractivity contribution < 1.29 is 19.8 Å². The van der Waals surface area contributed by atoms with E-state index in [9.17, 15) is 20.1 Å². The van der Waals surface area contributed by atoms with E-state index in [1.54, 1.807) is 24.5 Å². The molecule has 0 saturated carbocycles. The Morgan fingerprint density at radius 1 is 0.652 bits per heavy atom. The Hall–Kier alpha value is -4.60. The average Bonchev–Trinajstić information content (AvgIpc) is 3.62. The summed E-state index contributed by atoms with van der Waals surface area (Å²) in [4.78, 5) is 30.2. The van der Waals surface area contributed by atoms with Crippen molar-refractivity contribution in [3.05, 3.63) is 106 Å². The monoisotopic (exact) mass is 774 g/mol. The Morgan fingerprint density at radius 2 is 1.02 bits per heavy atom. The Morgan fingerprint density at radius 3 is 1.37 bits per heavy atom. The van der Waals surface area contributed by atoms with Gasteiger partial charge in [0, 0.05) is 21.5 Å². The fourth-order valence-corrected chi connectivity index (χ4v) is 7.24. The van der Waals surface area contributed by atoms with Crippen LogP contribution in [0.15, 0.2) is 105 Å². The summed E-state index contributed by atoms with van der Waals surface area (Å²) in [5.74, 6) is -1.94. The second-order valence-electron chi connectivity index (χ2n) is 9.34. The largest absolute Gasteiger partial charge is 0.481 e. The molecule has 0 aliphatic rings. The molecule has 228 valence electrons. The minimum atomic E-state index is -0.898. The van der Waals surface area contributed by atoms with Crippen molar-refractivity contribution in [1.29, 1.82) is 10.5 Å². The molecule has 0 aliphatic carbocycles. The number of imidazole rings is 2. The van der Waals surface area contributed by atoms with Gasteiger partial charge in [0.05, 0.1) is 58.5 Å². The first-order chi connectivity index (χ1) is 22.2. The van der Waals surface area contributed by atoms with Crippen LogP contribution in [-0.2, 0) is 9.59 Å². The van der Waals surface area contributed by atoms with Gasteiger partial charge in [0.2, 0.25) is 0 Å². The number of thioether (sulfide) groups is 2. The molecule has 2 heterocycles. The number of hydrogen-bond acceptors (Lipinski definition) is 8. The Balaban J connectivity index is 0.000000181. The van der Waals surface area contributed by atoms with E-state index in [4.69, 9.17) is 10.2 Å². The molecule has 14 heteroatoms. The first-order valence-corrected chi connectivity index (χ1v) is 16.8. The van der Waals surface area contributed by atoms with Gasteiger partial charge in [-0.15, -0.1) is 0 Å². The number of fused-ring (bicyclic) bond motifs is 2. The number of aliphatic carboxylic acids is 2. The van der Waals surface area contributed by atoms with Crippen molar-refractivity contribution in [3.63, 3.8) is 0 Å². The number of rotatable bonds is 8. The van der Waals surface area contributed by atoms with Crippen molar-refractivity contribution in [2.24, 2.45) is 0 Å². The van der Waals surface area contributed by atoms with Crippen LogP contribution in [0.5, 0.6) is 0 Å². The summed E-state index contributed by atoms with van der Waals surface area (Å²) >= 11 is 9.21. The zero-order valence-corrected chi connectivity index (χ0v) is 28.3. The first-order valence-electron chi connectivity index (χ1n) is 13.2. The zero-order chi connectivity index (χ0) is 32.8. The molecule has 2 N–H and O–H groups in total. The molecule has 0 amide bonds. The van der Waals surface area contributed by atoms with Crippen molar-refractivity contribution in [3.8, 4) is 23.5 Å².